The Balaban J connectivity index is 1.31. The Morgan fingerprint density at radius 1 is 0.541 bits per heavy atom. The molecule has 0 aliphatic carbocycles. The molecule has 2 heterocycles. The summed E-state index contributed by atoms with van der Waals surface area (Å²) < 4.78 is 0. The third-order valence-electron chi connectivity index (χ3n) is 6.56. The van der Waals surface area contributed by atoms with Crippen molar-refractivity contribution < 1.29 is 0 Å². The summed E-state index contributed by atoms with van der Waals surface area (Å²) in [6.07, 6.45) is 0. The molecule has 176 valence electrons. The Labute approximate surface area is 219 Å². The highest BCUT2D eigenvalue weighted by Gasteiger charge is 2.24. The van der Waals surface area contributed by atoms with Gasteiger partial charge in [-0.2, -0.15) is 0 Å². The summed E-state index contributed by atoms with van der Waals surface area (Å²) in [5.74, 6) is 2.00. The van der Waals surface area contributed by atoms with Crippen LogP contribution in [0.1, 0.15) is 10.9 Å². The van der Waals surface area contributed by atoms with E-state index in [2.05, 4.69) is 66.0 Å². The first kappa shape index (κ1) is 21.8. The Hall–Kier alpha value is -4.48. The van der Waals surface area contributed by atoms with Crippen molar-refractivity contribution in [3.63, 3.8) is 0 Å². The van der Waals surface area contributed by atoms with Gasteiger partial charge in [-0.3, -0.25) is 0 Å². The zero-order valence-electron chi connectivity index (χ0n) is 19.9. The van der Waals surface area contributed by atoms with Crippen molar-refractivity contribution in [3.05, 3.63) is 127 Å². The zero-order chi connectivity index (χ0) is 24.6. The van der Waals surface area contributed by atoms with Crippen molar-refractivity contribution in [3.8, 4) is 34.2 Å². The quantitative estimate of drug-likeness (QED) is 0.267. The third kappa shape index (κ3) is 4.13. The van der Waals surface area contributed by atoms with E-state index >= 15 is 0 Å². The summed E-state index contributed by atoms with van der Waals surface area (Å²) in [6.45, 7) is 0. The third-order valence-corrected chi connectivity index (χ3v) is 7.78. The second-order valence-electron chi connectivity index (χ2n) is 8.97. The van der Waals surface area contributed by atoms with Gasteiger partial charge < -0.3 is 5.32 Å². The van der Waals surface area contributed by atoms with Crippen LogP contribution in [0, 0.1) is 0 Å². The molecule has 5 heteroatoms. The molecule has 0 fully saturated rings. The number of anilines is 1. The molecular weight excluding hydrogens is 472 g/mol. The van der Waals surface area contributed by atoms with Crippen molar-refractivity contribution in [2.24, 2.45) is 0 Å². The number of benzene rings is 5. The van der Waals surface area contributed by atoms with E-state index in [1.165, 1.54) is 21.5 Å². The van der Waals surface area contributed by atoms with E-state index in [1.54, 1.807) is 0 Å². The van der Waals surface area contributed by atoms with Gasteiger partial charge in [-0.25, -0.2) is 15.0 Å². The number of hydrogen-bond acceptors (Lipinski definition) is 5. The van der Waals surface area contributed by atoms with Gasteiger partial charge in [-0.1, -0.05) is 121 Å². The predicted molar refractivity (Wildman–Crippen MR) is 152 cm³/mol. The van der Waals surface area contributed by atoms with Gasteiger partial charge in [-0.15, -0.1) is 0 Å². The molecule has 0 amide bonds. The minimum absolute atomic E-state index is 0.215. The van der Waals surface area contributed by atoms with Gasteiger partial charge in [0.05, 0.1) is 5.69 Å². The lowest BCUT2D eigenvalue weighted by molar-refractivity contribution is 1.07. The number of aromatic nitrogens is 3. The van der Waals surface area contributed by atoms with Crippen molar-refractivity contribution in [1.82, 2.24) is 15.0 Å². The van der Waals surface area contributed by atoms with Crippen LogP contribution in [-0.4, -0.2) is 15.0 Å². The minimum Gasteiger partial charge on any atom is -0.368 e. The lowest BCUT2D eigenvalue weighted by atomic mass is 10.0. The number of hydrogen-bond donors (Lipinski definition) is 1. The van der Waals surface area contributed by atoms with Gasteiger partial charge in [0.25, 0.3) is 0 Å². The van der Waals surface area contributed by atoms with E-state index in [0.717, 1.165) is 22.1 Å². The summed E-state index contributed by atoms with van der Waals surface area (Å²) >= 11 is 1.86. The molecule has 0 saturated carbocycles. The second kappa shape index (κ2) is 9.19. The van der Waals surface area contributed by atoms with Crippen LogP contribution in [0.25, 0.3) is 44.9 Å². The first-order valence-electron chi connectivity index (χ1n) is 12.2. The summed E-state index contributed by atoms with van der Waals surface area (Å²) in [6, 6.07) is 41.6. The van der Waals surface area contributed by atoms with E-state index in [9.17, 15) is 0 Å². The maximum Gasteiger partial charge on any atom is 0.164 e. The number of fused-ring (bicyclic) bond motifs is 3. The number of nitrogens with one attached hydrogen (secondary N) is 1. The molecule has 1 unspecified atom stereocenters. The molecule has 1 aliphatic rings. The number of thioether (sulfide) groups is 1. The van der Waals surface area contributed by atoms with E-state index in [0.29, 0.717) is 17.5 Å². The van der Waals surface area contributed by atoms with Gasteiger partial charge in [0, 0.05) is 27.0 Å². The van der Waals surface area contributed by atoms with Crippen LogP contribution in [0.5, 0.6) is 0 Å². The molecule has 1 aliphatic heterocycles. The zero-order valence-corrected chi connectivity index (χ0v) is 20.7. The van der Waals surface area contributed by atoms with Crippen molar-refractivity contribution in [1.29, 1.82) is 0 Å². The first-order valence-corrected chi connectivity index (χ1v) is 13.1. The van der Waals surface area contributed by atoms with E-state index in [4.69, 9.17) is 15.0 Å². The Kier molecular flexibility index (Phi) is 5.41. The highest BCUT2D eigenvalue weighted by molar-refractivity contribution is 8.00. The molecule has 0 spiro atoms. The molecule has 0 radical (unpaired) electrons. The molecule has 6 aromatic rings. The first-order chi connectivity index (χ1) is 18.3. The number of nitrogens with zero attached hydrogens (tertiary/aromatic N) is 3. The predicted octanol–water partition coefficient (Wildman–Crippen LogP) is 8.24. The van der Waals surface area contributed by atoms with Crippen molar-refractivity contribution in [2.75, 3.05) is 5.32 Å². The summed E-state index contributed by atoms with van der Waals surface area (Å²) in [7, 11) is 0. The standard InChI is InChI=1S/C32H22N4S/c1-4-10-21(11-5-1)29-34-30(22-12-6-2-7-13-22)36-31(35-29)25-16-18-26-24(20-25)17-19-27-28(26)33-32(37-27)23-14-8-3-9-15-23/h1-20,32-33H. The van der Waals surface area contributed by atoms with Crippen molar-refractivity contribution >= 4 is 28.2 Å². The fraction of sp³-hybridized carbons (Fsp3) is 0.0312. The minimum atomic E-state index is 0.215. The van der Waals surface area contributed by atoms with Crippen LogP contribution in [-0.2, 0) is 0 Å². The van der Waals surface area contributed by atoms with Gasteiger partial charge in [0.15, 0.2) is 17.5 Å². The van der Waals surface area contributed by atoms with Crippen LogP contribution in [0.15, 0.2) is 126 Å². The van der Waals surface area contributed by atoms with Gasteiger partial charge >= 0.3 is 0 Å². The fourth-order valence-electron chi connectivity index (χ4n) is 4.70. The van der Waals surface area contributed by atoms with E-state index in [1.807, 2.05) is 72.4 Å². The van der Waals surface area contributed by atoms with E-state index < -0.39 is 0 Å². The van der Waals surface area contributed by atoms with Crippen LogP contribution >= 0.6 is 11.8 Å². The van der Waals surface area contributed by atoms with Gasteiger partial charge in [0.1, 0.15) is 5.37 Å². The average Bonchev–Trinajstić information content (AvgIpc) is 3.43. The molecule has 7 rings (SSSR count). The topological polar surface area (TPSA) is 50.7 Å². The Morgan fingerprint density at radius 2 is 1.11 bits per heavy atom. The SMILES string of the molecule is c1ccc(-c2nc(-c3ccccc3)nc(-c3ccc4c5c(ccc4c3)SC(c3ccccc3)N5)n2)cc1. The van der Waals surface area contributed by atoms with Crippen molar-refractivity contribution in [2.45, 2.75) is 10.3 Å². The molecule has 1 atom stereocenters. The molecule has 0 bridgehead atoms. The smallest absolute Gasteiger partial charge is 0.164 e. The second-order valence-corrected chi connectivity index (χ2v) is 10.1. The van der Waals surface area contributed by atoms with Crippen LogP contribution in [0.2, 0.25) is 0 Å². The Morgan fingerprint density at radius 3 is 1.73 bits per heavy atom. The largest absolute Gasteiger partial charge is 0.368 e. The summed E-state index contributed by atoms with van der Waals surface area (Å²) in [5, 5.41) is 6.31. The monoisotopic (exact) mass is 494 g/mol. The normalized spacial score (nSPS) is 14.3. The van der Waals surface area contributed by atoms with Crippen LogP contribution < -0.4 is 5.32 Å². The molecule has 4 nitrogen and oxygen atoms in total. The van der Waals surface area contributed by atoms with Gasteiger partial charge in [0.2, 0.25) is 0 Å². The molecule has 1 N–H and O–H groups in total. The lowest BCUT2D eigenvalue weighted by Gasteiger charge is -2.12. The highest BCUT2D eigenvalue weighted by Crippen LogP contribution is 2.49. The maximum atomic E-state index is 4.89. The molecular formula is C32H22N4S. The maximum absolute atomic E-state index is 4.89. The fourth-order valence-corrected chi connectivity index (χ4v) is 5.86. The molecule has 5 aromatic carbocycles. The summed E-state index contributed by atoms with van der Waals surface area (Å²) in [5.41, 5.74) is 5.37. The van der Waals surface area contributed by atoms with Gasteiger partial charge in [-0.05, 0) is 23.1 Å². The average molecular weight is 495 g/mol. The highest BCUT2D eigenvalue weighted by atomic mass is 32.2. The Bertz CT molecular complexity index is 1660. The van der Waals surface area contributed by atoms with E-state index in [-0.39, 0.29) is 5.37 Å². The van der Waals surface area contributed by atoms with Crippen LogP contribution in [0.4, 0.5) is 5.69 Å². The van der Waals surface area contributed by atoms with Crippen LogP contribution in [0.3, 0.4) is 0 Å². The summed E-state index contributed by atoms with van der Waals surface area (Å²) in [4.78, 5) is 15.9. The molecule has 0 saturated heterocycles. The molecule has 37 heavy (non-hydrogen) atoms. The lowest BCUT2D eigenvalue weighted by Crippen LogP contribution is -2.01. The molecule has 1 aromatic heterocycles. The number of rotatable bonds is 4.